The molecular weight excluding hydrogens is 340 g/mol. The van der Waals surface area contributed by atoms with Crippen LogP contribution in [0.2, 0.25) is 0 Å². The first-order valence-electron chi connectivity index (χ1n) is 11.5. The highest BCUT2D eigenvalue weighted by Crippen LogP contribution is 2.48. The average Bonchev–Trinajstić information content (AvgIpc) is 3.36. The molecule has 3 atom stereocenters. The van der Waals surface area contributed by atoms with Gasteiger partial charge in [-0.25, -0.2) is 4.79 Å². The molecular formula is C23H40O4. The van der Waals surface area contributed by atoms with E-state index in [1.807, 2.05) is 0 Å². The minimum Gasteiger partial charge on any atom is -0.457 e. The molecule has 156 valence electrons. The summed E-state index contributed by atoms with van der Waals surface area (Å²) in [7, 11) is 0. The SMILES string of the molecule is CCCCCCCCCCCCCCCCCC(=O)[C@]12O[C@H]1[C@H](C)OC2=O. The van der Waals surface area contributed by atoms with Crippen molar-refractivity contribution in [2.24, 2.45) is 0 Å². The lowest BCUT2D eigenvalue weighted by atomic mass is 9.95. The molecule has 2 rings (SSSR count). The molecule has 27 heavy (non-hydrogen) atoms. The molecule has 0 aromatic heterocycles. The summed E-state index contributed by atoms with van der Waals surface area (Å²) in [6, 6.07) is 0. The second-order valence-electron chi connectivity index (χ2n) is 8.51. The molecule has 0 aliphatic carbocycles. The van der Waals surface area contributed by atoms with E-state index in [1.54, 1.807) is 6.92 Å². The van der Waals surface area contributed by atoms with Crippen molar-refractivity contribution in [3.8, 4) is 0 Å². The molecule has 4 heteroatoms. The van der Waals surface area contributed by atoms with E-state index in [0.717, 1.165) is 12.8 Å². The van der Waals surface area contributed by atoms with Gasteiger partial charge in [0.1, 0.15) is 12.2 Å². The van der Waals surface area contributed by atoms with E-state index in [-0.39, 0.29) is 18.0 Å². The number of carbonyl (C=O) groups is 2. The van der Waals surface area contributed by atoms with Crippen molar-refractivity contribution in [3.05, 3.63) is 0 Å². The highest BCUT2D eigenvalue weighted by molar-refractivity contribution is 6.12. The van der Waals surface area contributed by atoms with Gasteiger partial charge in [0.2, 0.25) is 0 Å². The standard InChI is InChI=1S/C23H40O4/c1-3-4-5-6-7-8-9-10-11-12-13-14-15-16-17-18-20(24)23-21(27-23)19(2)26-22(23)25/h19,21H,3-18H2,1-2H3/t19-,21-,23-/m0/s1. The Balaban J connectivity index is 1.34. The molecule has 2 aliphatic rings. The van der Waals surface area contributed by atoms with Crippen LogP contribution in [0, 0.1) is 0 Å². The highest BCUT2D eigenvalue weighted by atomic mass is 16.7. The number of ketones is 1. The predicted octanol–water partition coefficient (Wildman–Crippen LogP) is 5.90. The summed E-state index contributed by atoms with van der Waals surface area (Å²) in [6.07, 6.45) is 19.4. The topological polar surface area (TPSA) is 55.9 Å². The molecule has 0 unspecified atom stereocenters. The van der Waals surface area contributed by atoms with Gasteiger partial charge in [0, 0.05) is 6.42 Å². The summed E-state index contributed by atoms with van der Waals surface area (Å²) in [4.78, 5) is 24.1. The van der Waals surface area contributed by atoms with Crippen LogP contribution >= 0.6 is 0 Å². The molecule has 0 radical (unpaired) electrons. The number of hydrogen-bond donors (Lipinski definition) is 0. The van der Waals surface area contributed by atoms with Gasteiger partial charge in [-0.15, -0.1) is 0 Å². The molecule has 0 amide bonds. The minimum absolute atomic E-state index is 0.0726. The maximum absolute atomic E-state index is 12.3. The van der Waals surface area contributed by atoms with E-state index in [2.05, 4.69) is 6.92 Å². The quantitative estimate of drug-likeness (QED) is 0.136. The normalized spacial score (nSPS) is 26.1. The average molecular weight is 381 g/mol. The Bertz CT molecular complexity index is 461. The van der Waals surface area contributed by atoms with Gasteiger partial charge in [0.05, 0.1) is 0 Å². The summed E-state index contributed by atoms with van der Waals surface area (Å²) in [5.41, 5.74) is -1.21. The number of unbranched alkanes of at least 4 members (excludes halogenated alkanes) is 14. The van der Waals surface area contributed by atoms with Crippen molar-refractivity contribution in [2.45, 2.75) is 134 Å². The lowest BCUT2D eigenvalue weighted by molar-refractivity contribution is -0.155. The number of fused-ring (bicyclic) bond motifs is 1. The Morgan fingerprint density at radius 2 is 1.26 bits per heavy atom. The summed E-state index contributed by atoms with van der Waals surface area (Å²) in [5, 5.41) is 0. The largest absolute Gasteiger partial charge is 0.457 e. The molecule has 0 aromatic rings. The molecule has 2 fully saturated rings. The van der Waals surface area contributed by atoms with Crippen LogP contribution in [0.5, 0.6) is 0 Å². The third-order valence-corrected chi connectivity index (χ3v) is 6.10. The summed E-state index contributed by atoms with van der Waals surface area (Å²) in [6.45, 7) is 4.06. The van der Waals surface area contributed by atoms with Crippen LogP contribution in [0.15, 0.2) is 0 Å². The third kappa shape index (κ3) is 6.58. The smallest absolute Gasteiger partial charge is 0.349 e. The fourth-order valence-corrected chi connectivity index (χ4v) is 4.26. The Kier molecular flexibility index (Phi) is 9.81. The van der Waals surface area contributed by atoms with Crippen molar-refractivity contribution in [3.63, 3.8) is 0 Å². The third-order valence-electron chi connectivity index (χ3n) is 6.10. The lowest BCUT2D eigenvalue weighted by Crippen LogP contribution is -2.32. The molecule has 0 spiro atoms. The molecule has 0 saturated carbocycles. The van der Waals surface area contributed by atoms with Gasteiger partial charge in [0.15, 0.2) is 5.78 Å². The van der Waals surface area contributed by atoms with Crippen molar-refractivity contribution < 1.29 is 19.1 Å². The zero-order chi connectivity index (χ0) is 19.5. The number of carbonyl (C=O) groups excluding carboxylic acids is 2. The van der Waals surface area contributed by atoms with Crippen LogP contribution in [0.4, 0.5) is 0 Å². The summed E-state index contributed by atoms with van der Waals surface area (Å²) < 4.78 is 10.5. The Morgan fingerprint density at radius 3 is 1.63 bits per heavy atom. The molecule has 0 N–H and O–H groups in total. The lowest BCUT2D eigenvalue weighted by Gasteiger charge is -2.07. The summed E-state index contributed by atoms with van der Waals surface area (Å²) in [5.74, 6) is -0.539. The predicted molar refractivity (Wildman–Crippen MR) is 108 cm³/mol. The minimum atomic E-state index is -1.21. The van der Waals surface area contributed by atoms with Crippen molar-refractivity contribution in [2.75, 3.05) is 0 Å². The number of rotatable bonds is 17. The van der Waals surface area contributed by atoms with Crippen LogP contribution in [0.1, 0.15) is 117 Å². The molecule has 2 saturated heterocycles. The first kappa shape index (κ1) is 22.4. The molecule has 0 bridgehead atoms. The molecule has 4 nitrogen and oxygen atoms in total. The van der Waals surface area contributed by atoms with Gasteiger partial charge < -0.3 is 9.47 Å². The summed E-state index contributed by atoms with van der Waals surface area (Å²) >= 11 is 0. The Morgan fingerprint density at radius 1 is 0.815 bits per heavy atom. The fraction of sp³-hybridized carbons (Fsp3) is 0.913. The van der Waals surface area contributed by atoms with E-state index >= 15 is 0 Å². The fourth-order valence-electron chi connectivity index (χ4n) is 4.26. The number of esters is 1. The van der Waals surface area contributed by atoms with Crippen molar-refractivity contribution in [1.29, 1.82) is 0 Å². The van der Waals surface area contributed by atoms with E-state index < -0.39 is 11.6 Å². The second-order valence-corrected chi connectivity index (χ2v) is 8.51. The zero-order valence-corrected chi connectivity index (χ0v) is 17.6. The van der Waals surface area contributed by atoms with Crippen LogP contribution < -0.4 is 0 Å². The van der Waals surface area contributed by atoms with Crippen LogP contribution in [-0.2, 0) is 19.1 Å². The highest BCUT2D eigenvalue weighted by Gasteiger charge is 2.75. The first-order valence-corrected chi connectivity index (χ1v) is 11.5. The molecule has 0 aromatic carbocycles. The number of hydrogen-bond acceptors (Lipinski definition) is 4. The van der Waals surface area contributed by atoms with Gasteiger partial charge in [-0.3, -0.25) is 4.79 Å². The second kappa shape index (κ2) is 11.8. The van der Waals surface area contributed by atoms with Gasteiger partial charge in [0.25, 0.3) is 5.60 Å². The van der Waals surface area contributed by atoms with Gasteiger partial charge in [-0.1, -0.05) is 96.8 Å². The first-order chi connectivity index (χ1) is 13.1. The van der Waals surface area contributed by atoms with Gasteiger partial charge in [-0.2, -0.15) is 0 Å². The maximum atomic E-state index is 12.3. The Hall–Kier alpha value is -0.900. The number of ether oxygens (including phenoxy) is 2. The van der Waals surface area contributed by atoms with Crippen LogP contribution in [-0.4, -0.2) is 29.6 Å². The van der Waals surface area contributed by atoms with Crippen molar-refractivity contribution >= 4 is 11.8 Å². The monoisotopic (exact) mass is 380 g/mol. The zero-order valence-electron chi connectivity index (χ0n) is 17.6. The van der Waals surface area contributed by atoms with Crippen LogP contribution in [0.3, 0.4) is 0 Å². The van der Waals surface area contributed by atoms with E-state index in [4.69, 9.17) is 9.47 Å². The van der Waals surface area contributed by atoms with E-state index in [9.17, 15) is 9.59 Å². The molecule has 2 heterocycles. The number of epoxide rings is 1. The van der Waals surface area contributed by atoms with Crippen molar-refractivity contribution in [1.82, 2.24) is 0 Å². The van der Waals surface area contributed by atoms with E-state index in [1.165, 1.54) is 83.5 Å². The number of Topliss-reactive ketones (excluding diaryl/α,β-unsaturated/α-hetero) is 1. The Labute approximate surface area is 165 Å². The van der Waals surface area contributed by atoms with Crippen LogP contribution in [0.25, 0.3) is 0 Å². The van der Waals surface area contributed by atoms with E-state index in [0.29, 0.717) is 6.42 Å². The number of cyclic esters (lactones) is 1. The molecule has 2 aliphatic heterocycles. The van der Waals surface area contributed by atoms with Gasteiger partial charge >= 0.3 is 5.97 Å². The maximum Gasteiger partial charge on any atom is 0.349 e. The van der Waals surface area contributed by atoms with Gasteiger partial charge in [-0.05, 0) is 13.3 Å².